The molecule has 0 aromatic carbocycles. The molecule has 0 N–H and O–H groups in total. The fourth-order valence-corrected chi connectivity index (χ4v) is 8.98. The Morgan fingerprint density at radius 2 is 0.527 bits per heavy atom. The van der Waals surface area contributed by atoms with E-state index in [9.17, 15) is 14.4 Å². The van der Waals surface area contributed by atoms with Gasteiger partial charge in [-0.1, -0.05) is 286 Å². The number of allylic oxidation sites excluding steroid dienone is 14. The van der Waals surface area contributed by atoms with Crippen LogP contribution in [0.3, 0.4) is 0 Å². The van der Waals surface area contributed by atoms with Gasteiger partial charge in [0.15, 0.2) is 6.10 Å². The molecule has 6 nitrogen and oxygen atoms in total. The zero-order valence-corrected chi connectivity index (χ0v) is 48.8. The highest BCUT2D eigenvalue weighted by Crippen LogP contribution is 2.17. The van der Waals surface area contributed by atoms with Gasteiger partial charge in [-0.15, -0.1) is 0 Å². The first-order valence-electron chi connectivity index (χ1n) is 31.6. The lowest BCUT2D eigenvalue weighted by molar-refractivity contribution is -0.167. The summed E-state index contributed by atoms with van der Waals surface area (Å²) in [5, 5.41) is 0. The highest BCUT2D eigenvalue weighted by molar-refractivity contribution is 5.71. The molecule has 0 saturated carbocycles. The van der Waals surface area contributed by atoms with Gasteiger partial charge in [0, 0.05) is 19.3 Å². The number of unbranched alkanes of at least 4 members (excludes halogenated alkanes) is 32. The molecule has 0 aliphatic carbocycles. The van der Waals surface area contributed by atoms with Crippen LogP contribution in [0.25, 0.3) is 0 Å². The summed E-state index contributed by atoms with van der Waals surface area (Å²) in [5.41, 5.74) is 0. The smallest absolute Gasteiger partial charge is 0.306 e. The summed E-state index contributed by atoms with van der Waals surface area (Å²) in [5.74, 6) is -0.879. The van der Waals surface area contributed by atoms with E-state index in [0.29, 0.717) is 19.3 Å². The zero-order valence-electron chi connectivity index (χ0n) is 48.8. The highest BCUT2D eigenvalue weighted by Gasteiger charge is 2.19. The number of hydrogen-bond acceptors (Lipinski definition) is 6. The van der Waals surface area contributed by atoms with E-state index in [0.717, 1.165) is 109 Å². The number of ether oxygens (including phenoxy) is 3. The Morgan fingerprint density at radius 3 is 0.824 bits per heavy atom. The normalized spacial score (nSPS) is 12.6. The second-order valence-corrected chi connectivity index (χ2v) is 20.9. The Hall–Kier alpha value is -3.41. The average molecular weight is 1030 g/mol. The molecule has 6 heteroatoms. The van der Waals surface area contributed by atoms with Crippen LogP contribution in [-0.4, -0.2) is 37.2 Å². The largest absolute Gasteiger partial charge is 0.462 e. The van der Waals surface area contributed by atoms with Crippen LogP contribution >= 0.6 is 0 Å². The Bertz CT molecular complexity index is 1420. The lowest BCUT2D eigenvalue weighted by atomic mass is 10.0. The summed E-state index contributed by atoms with van der Waals surface area (Å²) in [6, 6.07) is 0. The Kier molecular flexibility index (Phi) is 59.3. The summed E-state index contributed by atoms with van der Waals surface area (Å²) in [6.45, 7) is 6.41. The van der Waals surface area contributed by atoms with Crippen molar-refractivity contribution < 1.29 is 28.6 Å². The lowest BCUT2D eigenvalue weighted by Gasteiger charge is -2.18. The number of carbonyl (C=O) groups excluding carboxylic acids is 3. The predicted molar refractivity (Wildman–Crippen MR) is 321 cm³/mol. The van der Waals surface area contributed by atoms with Gasteiger partial charge in [-0.05, 0) is 89.9 Å². The van der Waals surface area contributed by atoms with Crippen LogP contribution in [0.5, 0.6) is 0 Å². The third-order valence-corrected chi connectivity index (χ3v) is 13.6. The molecule has 426 valence electrons. The van der Waals surface area contributed by atoms with Crippen LogP contribution in [0.15, 0.2) is 85.1 Å². The molecule has 0 aromatic rings. The molecule has 0 bridgehead atoms. The Morgan fingerprint density at radius 1 is 0.284 bits per heavy atom. The van der Waals surface area contributed by atoms with Gasteiger partial charge >= 0.3 is 17.9 Å². The van der Waals surface area contributed by atoms with E-state index >= 15 is 0 Å². The standard InChI is InChI=1S/C68H118O6/c1-4-7-10-13-16-19-21-23-25-27-28-29-30-31-32-33-34-35-36-37-38-39-40-42-43-45-47-49-52-55-58-61-67(70)73-64-65(63-72-66(69)60-57-54-51-18-15-12-9-6-3)74-68(71)62-59-56-53-50-48-46-44-41-26-24-22-20-17-14-11-8-5-2/h7-8,10-11,16-17,19-20,23-26,28-29,65H,4-6,9,12-15,18,21-22,27,30-64H2,1-3H3/b10-7-,11-8-,19-16-,20-17-,25-23-,26-24-,29-28-. The summed E-state index contributed by atoms with van der Waals surface area (Å²) >= 11 is 0. The van der Waals surface area contributed by atoms with Gasteiger partial charge in [-0.2, -0.15) is 0 Å². The molecule has 0 aromatic heterocycles. The minimum atomic E-state index is -0.777. The van der Waals surface area contributed by atoms with Crippen LogP contribution in [0.1, 0.15) is 310 Å². The molecule has 0 aliphatic heterocycles. The fourth-order valence-electron chi connectivity index (χ4n) is 8.98. The van der Waals surface area contributed by atoms with Crippen LogP contribution in [0.2, 0.25) is 0 Å². The maximum absolute atomic E-state index is 12.8. The molecule has 0 amide bonds. The molecule has 0 radical (unpaired) electrons. The van der Waals surface area contributed by atoms with Crippen molar-refractivity contribution in [3.05, 3.63) is 85.1 Å². The van der Waals surface area contributed by atoms with Gasteiger partial charge in [0.25, 0.3) is 0 Å². The second-order valence-electron chi connectivity index (χ2n) is 20.9. The summed E-state index contributed by atoms with van der Waals surface area (Å²) < 4.78 is 16.8. The third-order valence-electron chi connectivity index (χ3n) is 13.6. The first-order valence-corrected chi connectivity index (χ1v) is 31.6. The molecular formula is C68H118O6. The van der Waals surface area contributed by atoms with Crippen molar-refractivity contribution in [2.75, 3.05) is 13.2 Å². The van der Waals surface area contributed by atoms with Crippen molar-refractivity contribution >= 4 is 17.9 Å². The number of esters is 3. The topological polar surface area (TPSA) is 78.9 Å². The minimum absolute atomic E-state index is 0.0766. The first-order chi connectivity index (χ1) is 36.5. The zero-order chi connectivity index (χ0) is 53.6. The Labute approximate surface area is 458 Å². The van der Waals surface area contributed by atoms with Crippen molar-refractivity contribution in [2.45, 2.75) is 316 Å². The number of carbonyl (C=O) groups is 3. The predicted octanol–water partition coefficient (Wildman–Crippen LogP) is 21.5. The van der Waals surface area contributed by atoms with E-state index in [1.54, 1.807) is 0 Å². The molecule has 0 spiro atoms. The maximum atomic E-state index is 12.8. The molecule has 74 heavy (non-hydrogen) atoms. The van der Waals surface area contributed by atoms with Crippen molar-refractivity contribution in [2.24, 2.45) is 0 Å². The van der Waals surface area contributed by atoms with Crippen LogP contribution in [0.4, 0.5) is 0 Å². The van der Waals surface area contributed by atoms with Gasteiger partial charge in [0.2, 0.25) is 0 Å². The molecule has 0 heterocycles. The van der Waals surface area contributed by atoms with Crippen molar-refractivity contribution in [3.63, 3.8) is 0 Å². The SMILES string of the molecule is CC/C=C\C/C=C\C/C=C\C/C=C\CCCCCCCCCCCCCCCCCCCCC(=O)OCC(COC(=O)CCCCCCCCCC)OC(=O)CCCCCCCCC/C=C\C/C=C\C/C=C\CC. The summed E-state index contributed by atoms with van der Waals surface area (Å²) in [7, 11) is 0. The van der Waals surface area contributed by atoms with Crippen LogP contribution < -0.4 is 0 Å². The van der Waals surface area contributed by atoms with E-state index in [4.69, 9.17) is 14.2 Å². The molecule has 0 fully saturated rings. The van der Waals surface area contributed by atoms with Crippen LogP contribution in [-0.2, 0) is 28.6 Å². The summed E-state index contributed by atoms with van der Waals surface area (Å²) in [6.07, 6.45) is 81.9. The maximum Gasteiger partial charge on any atom is 0.306 e. The quantitative estimate of drug-likeness (QED) is 0.0261. The highest BCUT2D eigenvalue weighted by atomic mass is 16.6. The lowest BCUT2D eigenvalue weighted by Crippen LogP contribution is -2.30. The molecule has 0 aliphatic rings. The van der Waals surface area contributed by atoms with E-state index in [1.165, 1.54) is 161 Å². The average Bonchev–Trinajstić information content (AvgIpc) is 3.40. The van der Waals surface area contributed by atoms with E-state index in [1.807, 2.05) is 0 Å². The van der Waals surface area contributed by atoms with E-state index < -0.39 is 6.10 Å². The minimum Gasteiger partial charge on any atom is -0.462 e. The third kappa shape index (κ3) is 59.5. The summed E-state index contributed by atoms with van der Waals surface area (Å²) in [4.78, 5) is 38.1. The van der Waals surface area contributed by atoms with Crippen LogP contribution in [0, 0.1) is 0 Å². The number of hydrogen-bond donors (Lipinski definition) is 0. The molecule has 0 rings (SSSR count). The fraction of sp³-hybridized carbons (Fsp3) is 0.750. The molecule has 0 saturated heterocycles. The Balaban J connectivity index is 4.07. The van der Waals surface area contributed by atoms with Gasteiger partial charge in [0.05, 0.1) is 0 Å². The van der Waals surface area contributed by atoms with Gasteiger partial charge in [0.1, 0.15) is 13.2 Å². The molecular weight excluding hydrogens is 913 g/mol. The van der Waals surface area contributed by atoms with Crippen molar-refractivity contribution in [1.82, 2.24) is 0 Å². The van der Waals surface area contributed by atoms with Crippen molar-refractivity contribution in [3.8, 4) is 0 Å². The van der Waals surface area contributed by atoms with E-state index in [-0.39, 0.29) is 31.1 Å². The number of rotatable bonds is 57. The molecule has 1 atom stereocenters. The van der Waals surface area contributed by atoms with Gasteiger partial charge in [-0.3, -0.25) is 14.4 Å². The van der Waals surface area contributed by atoms with Gasteiger partial charge in [-0.25, -0.2) is 0 Å². The van der Waals surface area contributed by atoms with Gasteiger partial charge < -0.3 is 14.2 Å². The monoisotopic (exact) mass is 1030 g/mol. The van der Waals surface area contributed by atoms with Crippen molar-refractivity contribution in [1.29, 1.82) is 0 Å². The molecule has 1 unspecified atom stereocenters. The first kappa shape index (κ1) is 70.6. The second kappa shape index (κ2) is 62.1. The van der Waals surface area contributed by atoms with E-state index in [2.05, 4.69) is 106 Å².